The molecule has 0 amide bonds. The highest BCUT2D eigenvalue weighted by molar-refractivity contribution is 5.79. The molecule has 24 heavy (non-hydrogen) atoms. The van der Waals surface area contributed by atoms with Crippen molar-refractivity contribution < 1.29 is 4.74 Å². The molecule has 0 saturated carbocycles. The van der Waals surface area contributed by atoms with Crippen LogP contribution in [0.1, 0.15) is 25.8 Å². The zero-order valence-corrected chi connectivity index (χ0v) is 15.7. The summed E-state index contributed by atoms with van der Waals surface area (Å²) in [6, 6.07) is 10.5. The molecule has 0 aliphatic carbocycles. The van der Waals surface area contributed by atoms with E-state index in [-0.39, 0.29) is 0 Å². The zero-order chi connectivity index (χ0) is 17.6. The van der Waals surface area contributed by atoms with E-state index in [1.807, 2.05) is 0 Å². The summed E-state index contributed by atoms with van der Waals surface area (Å²) in [4.78, 5) is 6.55. The van der Waals surface area contributed by atoms with Gasteiger partial charge in [-0.15, -0.1) is 0 Å². The second-order valence-electron chi connectivity index (χ2n) is 6.47. The number of hydrogen-bond acceptors (Lipinski definition) is 3. The number of ether oxygens (including phenoxy) is 1. The van der Waals surface area contributed by atoms with E-state index in [0.717, 1.165) is 51.8 Å². The molecule has 1 aromatic carbocycles. The largest absolute Gasteiger partial charge is 0.381 e. The van der Waals surface area contributed by atoms with E-state index < -0.39 is 0 Å². The van der Waals surface area contributed by atoms with E-state index in [1.165, 1.54) is 5.56 Å². The molecule has 0 atom stereocenters. The van der Waals surface area contributed by atoms with Crippen LogP contribution >= 0.6 is 0 Å². The number of rotatable bonds is 11. The zero-order valence-electron chi connectivity index (χ0n) is 15.7. The van der Waals surface area contributed by atoms with Crippen LogP contribution in [0.25, 0.3) is 0 Å². The number of likely N-dealkylation sites (N-methyl/N-ethyl adjacent to an activating group) is 1. The fourth-order valence-corrected chi connectivity index (χ4v) is 2.26. The van der Waals surface area contributed by atoms with E-state index >= 15 is 0 Å². The maximum Gasteiger partial charge on any atom is 0.191 e. The first-order valence-electron chi connectivity index (χ1n) is 8.86. The highest BCUT2D eigenvalue weighted by Gasteiger charge is 2.01. The molecule has 0 heterocycles. The monoisotopic (exact) mass is 334 g/mol. The molecule has 0 aromatic heterocycles. The van der Waals surface area contributed by atoms with Crippen LogP contribution in [-0.4, -0.2) is 57.8 Å². The molecule has 1 rings (SSSR count). The van der Waals surface area contributed by atoms with Crippen molar-refractivity contribution >= 4 is 5.96 Å². The van der Waals surface area contributed by atoms with Gasteiger partial charge in [-0.3, -0.25) is 4.99 Å². The average molecular weight is 335 g/mol. The quantitative estimate of drug-likeness (QED) is 0.370. The number of nitrogens with one attached hydrogen (secondary N) is 2. The highest BCUT2D eigenvalue weighted by atomic mass is 16.5. The molecule has 0 radical (unpaired) electrons. The summed E-state index contributed by atoms with van der Waals surface area (Å²) in [5.41, 5.74) is 1.34. The Hall–Kier alpha value is -1.59. The van der Waals surface area contributed by atoms with Crippen LogP contribution in [0.4, 0.5) is 0 Å². The Morgan fingerprint density at radius 3 is 2.54 bits per heavy atom. The molecule has 5 heteroatoms. The Balaban J connectivity index is 2.09. The van der Waals surface area contributed by atoms with Crippen molar-refractivity contribution in [1.29, 1.82) is 0 Å². The molecular formula is C19H34N4O. The standard InChI is InChI=1S/C19H34N4O/c1-17(2)16-24-14-8-11-21-19(20-3)22-12-13-23(4)15-18-9-6-5-7-10-18/h5-7,9-10,17H,8,11-16H2,1-4H3,(H2,20,21,22). The summed E-state index contributed by atoms with van der Waals surface area (Å²) in [7, 11) is 3.94. The van der Waals surface area contributed by atoms with Crippen molar-refractivity contribution in [2.75, 3.05) is 46.9 Å². The molecule has 5 nitrogen and oxygen atoms in total. The smallest absolute Gasteiger partial charge is 0.191 e. The third-order valence-electron chi connectivity index (χ3n) is 3.51. The molecule has 1 aromatic rings. The Morgan fingerprint density at radius 1 is 1.17 bits per heavy atom. The number of nitrogens with zero attached hydrogens (tertiary/aromatic N) is 2. The van der Waals surface area contributed by atoms with Gasteiger partial charge in [0.25, 0.3) is 0 Å². The molecule has 0 spiro atoms. The Labute approximate surface area is 147 Å². The lowest BCUT2D eigenvalue weighted by atomic mass is 10.2. The van der Waals surface area contributed by atoms with Crippen molar-refractivity contribution in [3.63, 3.8) is 0 Å². The fraction of sp³-hybridized carbons (Fsp3) is 0.632. The summed E-state index contributed by atoms with van der Waals surface area (Å²) in [6.45, 7) is 9.62. The van der Waals surface area contributed by atoms with Gasteiger partial charge < -0.3 is 20.3 Å². The first kappa shape index (κ1) is 20.5. The third kappa shape index (κ3) is 10.2. The molecule has 136 valence electrons. The minimum atomic E-state index is 0.597. The van der Waals surface area contributed by atoms with Crippen LogP contribution in [-0.2, 0) is 11.3 Å². The average Bonchev–Trinajstić information content (AvgIpc) is 2.57. The van der Waals surface area contributed by atoms with Gasteiger partial charge in [-0.2, -0.15) is 0 Å². The number of hydrogen-bond donors (Lipinski definition) is 2. The molecule has 0 unspecified atom stereocenters. The van der Waals surface area contributed by atoms with Crippen molar-refractivity contribution in [2.24, 2.45) is 10.9 Å². The van der Waals surface area contributed by atoms with Crippen LogP contribution in [0, 0.1) is 5.92 Å². The van der Waals surface area contributed by atoms with E-state index in [9.17, 15) is 0 Å². The van der Waals surface area contributed by atoms with Gasteiger partial charge in [-0.1, -0.05) is 44.2 Å². The van der Waals surface area contributed by atoms with Crippen LogP contribution in [0.2, 0.25) is 0 Å². The van der Waals surface area contributed by atoms with Crippen LogP contribution in [0.3, 0.4) is 0 Å². The lowest BCUT2D eigenvalue weighted by molar-refractivity contribution is 0.108. The molecule has 0 aliphatic rings. The summed E-state index contributed by atoms with van der Waals surface area (Å²) in [5.74, 6) is 1.45. The van der Waals surface area contributed by atoms with E-state index in [4.69, 9.17) is 4.74 Å². The summed E-state index contributed by atoms with van der Waals surface area (Å²) in [5, 5.41) is 6.67. The van der Waals surface area contributed by atoms with Gasteiger partial charge in [-0.05, 0) is 24.9 Å². The van der Waals surface area contributed by atoms with E-state index in [0.29, 0.717) is 5.92 Å². The van der Waals surface area contributed by atoms with Gasteiger partial charge in [-0.25, -0.2) is 0 Å². The normalized spacial score (nSPS) is 12.0. The van der Waals surface area contributed by atoms with Crippen LogP contribution in [0.5, 0.6) is 0 Å². The minimum absolute atomic E-state index is 0.597. The summed E-state index contributed by atoms with van der Waals surface area (Å²) >= 11 is 0. The molecule has 0 aliphatic heterocycles. The van der Waals surface area contributed by atoms with Gasteiger partial charge in [0.2, 0.25) is 0 Å². The lowest BCUT2D eigenvalue weighted by Crippen LogP contribution is -2.41. The van der Waals surface area contributed by atoms with Crippen molar-refractivity contribution in [3.05, 3.63) is 35.9 Å². The second kappa shape index (κ2) is 12.8. The van der Waals surface area contributed by atoms with Gasteiger partial charge in [0.15, 0.2) is 5.96 Å². The lowest BCUT2D eigenvalue weighted by Gasteiger charge is -2.18. The minimum Gasteiger partial charge on any atom is -0.381 e. The van der Waals surface area contributed by atoms with Gasteiger partial charge in [0.1, 0.15) is 0 Å². The Kier molecular flexibility index (Phi) is 10.9. The Bertz CT molecular complexity index is 448. The van der Waals surface area contributed by atoms with Gasteiger partial charge >= 0.3 is 0 Å². The first-order valence-corrected chi connectivity index (χ1v) is 8.86. The predicted octanol–water partition coefficient (Wildman–Crippen LogP) is 2.35. The van der Waals surface area contributed by atoms with Crippen molar-refractivity contribution in [3.8, 4) is 0 Å². The van der Waals surface area contributed by atoms with Crippen molar-refractivity contribution in [2.45, 2.75) is 26.8 Å². The number of benzene rings is 1. The first-order chi connectivity index (χ1) is 11.6. The third-order valence-corrected chi connectivity index (χ3v) is 3.51. The topological polar surface area (TPSA) is 48.9 Å². The number of aliphatic imine (C=N–C) groups is 1. The maximum atomic E-state index is 5.57. The fourth-order valence-electron chi connectivity index (χ4n) is 2.26. The van der Waals surface area contributed by atoms with Crippen LogP contribution in [0.15, 0.2) is 35.3 Å². The Morgan fingerprint density at radius 2 is 1.88 bits per heavy atom. The molecule has 2 N–H and O–H groups in total. The second-order valence-corrected chi connectivity index (χ2v) is 6.47. The summed E-state index contributed by atoms with van der Waals surface area (Å²) < 4.78 is 5.57. The molecule has 0 saturated heterocycles. The maximum absolute atomic E-state index is 5.57. The van der Waals surface area contributed by atoms with E-state index in [1.54, 1.807) is 7.05 Å². The number of guanidine groups is 1. The summed E-state index contributed by atoms with van der Waals surface area (Å²) in [6.07, 6.45) is 0.987. The molecular weight excluding hydrogens is 300 g/mol. The SMILES string of the molecule is CN=C(NCCCOCC(C)C)NCCN(C)Cc1ccccc1. The van der Waals surface area contributed by atoms with Gasteiger partial charge in [0.05, 0.1) is 0 Å². The van der Waals surface area contributed by atoms with E-state index in [2.05, 4.69) is 71.8 Å². The predicted molar refractivity (Wildman–Crippen MR) is 102 cm³/mol. The van der Waals surface area contributed by atoms with Crippen LogP contribution < -0.4 is 10.6 Å². The molecule has 0 bridgehead atoms. The van der Waals surface area contributed by atoms with Crippen molar-refractivity contribution in [1.82, 2.24) is 15.5 Å². The molecule has 0 fully saturated rings. The van der Waals surface area contributed by atoms with Gasteiger partial charge in [0, 0.05) is 46.4 Å². The highest BCUT2D eigenvalue weighted by Crippen LogP contribution is 2.01.